The Morgan fingerprint density at radius 2 is 2.00 bits per heavy atom. The van der Waals surface area contributed by atoms with Crippen LogP contribution in [0.25, 0.3) is 0 Å². The van der Waals surface area contributed by atoms with Gasteiger partial charge in [0.05, 0.1) is 6.42 Å². The van der Waals surface area contributed by atoms with Gasteiger partial charge in [-0.2, -0.15) is 0 Å². The molecule has 0 aliphatic rings. The van der Waals surface area contributed by atoms with E-state index in [1.807, 2.05) is 24.3 Å². The van der Waals surface area contributed by atoms with Gasteiger partial charge in [-0.1, -0.05) is 25.1 Å². The number of hydrogen-bond acceptors (Lipinski definition) is 3. The summed E-state index contributed by atoms with van der Waals surface area (Å²) >= 11 is 0. The van der Waals surface area contributed by atoms with Crippen LogP contribution in [-0.2, 0) is 16.0 Å². The molecule has 1 unspecified atom stereocenters. The third-order valence-electron chi connectivity index (χ3n) is 2.84. The average molecular weight is 276 g/mol. The van der Waals surface area contributed by atoms with Crippen molar-refractivity contribution in [1.29, 1.82) is 0 Å². The first kappa shape index (κ1) is 15.9. The first-order chi connectivity index (χ1) is 9.56. The Morgan fingerprint density at radius 1 is 1.35 bits per heavy atom. The van der Waals surface area contributed by atoms with Crippen molar-refractivity contribution in [2.45, 2.75) is 25.8 Å². The van der Waals surface area contributed by atoms with E-state index in [1.54, 1.807) is 6.08 Å². The summed E-state index contributed by atoms with van der Waals surface area (Å²) in [5.74, 6) is -1.39. The Morgan fingerprint density at radius 3 is 2.50 bits per heavy atom. The van der Waals surface area contributed by atoms with Gasteiger partial charge in [-0.05, 0) is 24.1 Å². The second kappa shape index (κ2) is 8.12. The Hall–Kier alpha value is -2.14. The first-order valence-electron chi connectivity index (χ1n) is 6.52. The zero-order chi connectivity index (χ0) is 15.0. The zero-order valence-corrected chi connectivity index (χ0v) is 11.6. The lowest BCUT2D eigenvalue weighted by Crippen LogP contribution is -2.39. The molecule has 0 aliphatic heterocycles. The number of aliphatic carboxylic acids is 1. The summed E-state index contributed by atoms with van der Waals surface area (Å²) in [6.45, 7) is 5.89. The lowest BCUT2D eigenvalue weighted by atomic mass is 10.1. The summed E-state index contributed by atoms with van der Waals surface area (Å²) in [4.78, 5) is 22.8. The van der Waals surface area contributed by atoms with Crippen LogP contribution in [0.4, 0.5) is 5.69 Å². The topological polar surface area (TPSA) is 78.4 Å². The van der Waals surface area contributed by atoms with E-state index in [2.05, 4.69) is 24.1 Å². The Bertz CT molecular complexity index is 469. The van der Waals surface area contributed by atoms with Crippen LogP contribution in [0, 0.1) is 0 Å². The molecule has 20 heavy (non-hydrogen) atoms. The third kappa shape index (κ3) is 5.24. The largest absolute Gasteiger partial charge is 0.480 e. The molecule has 0 radical (unpaired) electrons. The van der Waals surface area contributed by atoms with Gasteiger partial charge in [0.2, 0.25) is 5.91 Å². The predicted molar refractivity (Wildman–Crippen MR) is 78.7 cm³/mol. The lowest BCUT2D eigenvalue weighted by Gasteiger charge is -2.13. The summed E-state index contributed by atoms with van der Waals surface area (Å²) in [6.07, 6.45) is 2.36. The molecule has 1 rings (SSSR count). The van der Waals surface area contributed by atoms with Gasteiger partial charge in [-0.3, -0.25) is 9.59 Å². The number of nitrogens with one attached hydrogen (secondary N) is 2. The van der Waals surface area contributed by atoms with Gasteiger partial charge in [-0.25, -0.2) is 0 Å². The molecule has 0 aromatic heterocycles. The molecule has 0 spiro atoms. The molecule has 1 atom stereocenters. The average Bonchev–Trinajstić information content (AvgIpc) is 2.44. The summed E-state index contributed by atoms with van der Waals surface area (Å²) in [7, 11) is 0. The summed E-state index contributed by atoms with van der Waals surface area (Å²) < 4.78 is 0. The molecule has 5 nitrogen and oxygen atoms in total. The molecule has 0 saturated carbocycles. The van der Waals surface area contributed by atoms with Gasteiger partial charge >= 0.3 is 5.97 Å². The van der Waals surface area contributed by atoms with E-state index in [4.69, 9.17) is 5.11 Å². The highest BCUT2D eigenvalue weighted by atomic mass is 16.4. The van der Waals surface area contributed by atoms with Gasteiger partial charge in [-0.15, -0.1) is 6.58 Å². The fourth-order valence-corrected chi connectivity index (χ4v) is 1.69. The number of aryl methyl sites for hydroxylation is 1. The number of anilines is 1. The minimum absolute atomic E-state index is 0.126. The first-order valence-corrected chi connectivity index (χ1v) is 6.52. The minimum Gasteiger partial charge on any atom is -0.480 e. The van der Waals surface area contributed by atoms with E-state index in [9.17, 15) is 9.59 Å². The molecular formula is C15H20N2O3. The van der Waals surface area contributed by atoms with Crippen LogP contribution in [0.1, 0.15) is 18.9 Å². The van der Waals surface area contributed by atoms with Crippen molar-refractivity contribution in [1.82, 2.24) is 5.32 Å². The number of carboxylic acids is 1. The van der Waals surface area contributed by atoms with Crippen LogP contribution in [0.3, 0.4) is 0 Å². The highest BCUT2D eigenvalue weighted by molar-refractivity contribution is 5.94. The molecule has 0 aliphatic carbocycles. The zero-order valence-electron chi connectivity index (χ0n) is 11.6. The normalized spacial score (nSPS) is 11.7. The van der Waals surface area contributed by atoms with Crippen LogP contribution in [0.15, 0.2) is 36.9 Å². The number of amides is 1. The Balaban J connectivity index is 2.55. The van der Waals surface area contributed by atoms with Gasteiger partial charge in [0.1, 0.15) is 6.04 Å². The maximum Gasteiger partial charge on any atom is 0.321 e. The van der Waals surface area contributed by atoms with E-state index in [1.165, 1.54) is 5.56 Å². The molecule has 0 bridgehead atoms. The molecule has 3 N–H and O–H groups in total. The molecule has 1 amide bonds. The summed E-state index contributed by atoms with van der Waals surface area (Å²) in [6, 6.07) is 6.57. The fourth-order valence-electron chi connectivity index (χ4n) is 1.69. The van der Waals surface area contributed by atoms with Crippen LogP contribution in [-0.4, -0.2) is 29.6 Å². The van der Waals surface area contributed by atoms with E-state index in [0.717, 1.165) is 6.42 Å². The quantitative estimate of drug-likeness (QED) is 0.633. The molecule has 108 valence electrons. The maximum atomic E-state index is 11.8. The highest BCUT2D eigenvalue weighted by Gasteiger charge is 2.20. The molecule has 1 aromatic carbocycles. The van der Waals surface area contributed by atoms with Crippen molar-refractivity contribution in [2.75, 3.05) is 11.9 Å². The summed E-state index contributed by atoms with van der Waals surface area (Å²) in [5.41, 5.74) is 1.85. The molecule has 0 saturated heterocycles. The Labute approximate surface area is 118 Å². The fraction of sp³-hybridized carbons (Fsp3) is 0.333. The molecule has 0 fully saturated rings. The van der Waals surface area contributed by atoms with Gasteiger partial charge < -0.3 is 15.7 Å². The van der Waals surface area contributed by atoms with E-state index in [0.29, 0.717) is 12.2 Å². The molecule has 0 heterocycles. The minimum atomic E-state index is -1.05. The van der Waals surface area contributed by atoms with Crippen molar-refractivity contribution in [2.24, 2.45) is 0 Å². The highest BCUT2D eigenvalue weighted by Crippen LogP contribution is 2.10. The molecule has 1 aromatic rings. The van der Waals surface area contributed by atoms with Crippen molar-refractivity contribution in [3.63, 3.8) is 0 Å². The van der Waals surface area contributed by atoms with Crippen LogP contribution >= 0.6 is 0 Å². The number of carbonyl (C=O) groups is 2. The molecule has 5 heteroatoms. The third-order valence-corrected chi connectivity index (χ3v) is 2.84. The van der Waals surface area contributed by atoms with Crippen molar-refractivity contribution < 1.29 is 14.7 Å². The smallest absolute Gasteiger partial charge is 0.321 e. The second-order valence-corrected chi connectivity index (χ2v) is 4.39. The number of rotatable bonds is 8. The van der Waals surface area contributed by atoms with E-state index in [-0.39, 0.29) is 12.3 Å². The SMILES string of the molecule is C=CCNC(CC(=O)Nc1ccc(CC)cc1)C(=O)O. The second-order valence-electron chi connectivity index (χ2n) is 4.39. The van der Waals surface area contributed by atoms with Gasteiger partial charge in [0.15, 0.2) is 0 Å². The number of hydrogen-bond donors (Lipinski definition) is 3. The van der Waals surface area contributed by atoms with Crippen LogP contribution < -0.4 is 10.6 Å². The van der Waals surface area contributed by atoms with Crippen molar-refractivity contribution in [3.8, 4) is 0 Å². The van der Waals surface area contributed by atoms with Gasteiger partial charge in [0.25, 0.3) is 0 Å². The monoisotopic (exact) mass is 276 g/mol. The number of benzene rings is 1. The summed E-state index contributed by atoms with van der Waals surface area (Å²) in [5, 5.41) is 14.4. The van der Waals surface area contributed by atoms with E-state index < -0.39 is 12.0 Å². The van der Waals surface area contributed by atoms with Crippen LogP contribution in [0.2, 0.25) is 0 Å². The number of carboxylic acid groups (broad SMARTS) is 1. The lowest BCUT2D eigenvalue weighted by molar-refractivity contribution is -0.140. The number of carbonyl (C=O) groups excluding carboxylic acids is 1. The van der Waals surface area contributed by atoms with Gasteiger partial charge in [0, 0.05) is 12.2 Å². The standard InChI is InChI=1S/C15H20N2O3/c1-3-9-16-13(15(19)20)10-14(18)17-12-7-5-11(4-2)6-8-12/h3,5-8,13,16H,1,4,9-10H2,2H3,(H,17,18)(H,19,20). The maximum absolute atomic E-state index is 11.8. The molecular weight excluding hydrogens is 256 g/mol. The van der Waals surface area contributed by atoms with Crippen LogP contribution in [0.5, 0.6) is 0 Å². The van der Waals surface area contributed by atoms with Crippen molar-refractivity contribution in [3.05, 3.63) is 42.5 Å². The van der Waals surface area contributed by atoms with E-state index >= 15 is 0 Å². The predicted octanol–water partition coefficient (Wildman–Crippen LogP) is 1.81. The van der Waals surface area contributed by atoms with Crippen molar-refractivity contribution >= 4 is 17.6 Å². The Kier molecular flexibility index (Phi) is 6.46.